The molecule has 2 rings (SSSR count). The van der Waals surface area contributed by atoms with Gasteiger partial charge in [0.2, 0.25) is 0 Å². The summed E-state index contributed by atoms with van der Waals surface area (Å²) in [5.41, 5.74) is 1.98. The second-order valence-electron chi connectivity index (χ2n) is 3.49. The molecule has 1 aromatic heterocycles. The lowest BCUT2D eigenvalue weighted by Crippen LogP contribution is -1.98. The van der Waals surface area contributed by atoms with E-state index in [2.05, 4.69) is 32.9 Å². The Morgan fingerprint density at radius 2 is 2.35 bits per heavy atom. The van der Waals surface area contributed by atoms with Crippen molar-refractivity contribution in [2.24, 2.45) is 0 Å². The molecule has 1 N–H and O–H groups in total. The molecule has 2 aromatic rings. The van der Waals surface area contributed by atoms with Gasteiger partial charge in [0.25, 0.3) is 0 Å². The zero-order valence-corrected chi connectivity index (χ0v) is 11.4. The van der Waals surface area contributed by atoms with E-state index in [1.54, 1.807) is 17.1 Å². The highest BCUT2D eigenvalue weighted by Crippen LogP contribution is 2.25. The molecule has 0 aliphatic rings. The van der Waals surface area contributed by atoms with Crippen LogP contribution in [0.5, 0.6) is 0 Å². The SMILES string of the molecule is C=Cn1cc(CNc2ccc(Br)cc2Cl)cn1. The van der Waals surface area contributed by atoms with Gasteiger partial charge in [0.1, 0.15) is 0 Å². The number of anilines is 1. The number of hydrogen-bond donors (Lipinski definition) is 1. The summed E-state index contributed by atoms with van der Waals surface area (Å²) in [6, 6.07) is 5.74. The van der Waals surface area contributed by atoms with Crippen LogP contribution in [-0.4, -0.2) is 9.78 Å². The van der Waals surface area contributed by atoms with Crippen LogP contribution in [0.3, 0.4) is 0 Å². The van der Waals surface area contributed by atoms with Crippen LogP contribution in [0.15, 0.2) is 41.6 Å². The second kappa shape index (κ2) is 5.38. The van der Waals surface area contributed by atoms with Gasteiger partial charge in [0, 0.05) is 29.0 Å². The fourth-order valence-electron chi connectivity index (χ4n) is 1.40. The summed E-state index contributed by atoms with van der Waals surface area (Å²) >= 11 is 9.47. The van der Waals surface area contributed by atoms with Crippen LogP contribution < -0.4 is 5.32 Å². The predicted molar refractivity (Wildman–Crippen MR) is 75.1 cm³/mol. The van der Waals surface area contributed by atoms with Gasteiger partial charge in [-0.15, -0.1) is 0 Å². The molecule has 0 bridgehead atoms. The first-order valence-corrected chi connectivity index (χ1v) is 6.20. The van der Waals surface area contributed by atoms with E-state index in [0.717, 1.165) is 15.7 Å². The number of nitrogens with zero attached hydrogens (tertiary/aromatic N) is 2. The third kappa shape index (κ3) is 3.11. The Hall–Kier alpha value is -1.26. The molecule has 0 fully saturated rings. The molecule has 0 amide bonds. The topological polar surface area (TPSA) is 29.9 Å². The van der Waals surface area contributed by atoms with Crippen molar-refractivity contribution in [2.45, 2.75) is 6.54 Å². The minimum atomic E-state index is 0.676. The zero-order valence-electron chi connectivity index (χ0n) is 9.03. The minimum absolute atomic E-state index is 0.676. The Labute approximate surface area is 113 Å². The molecule has 1 heterocycles. The fourth-order valence-corrected chi connectivity index (χ4v) is 2.14. The molecule has 0 saturated carbocycles. The third-order valence-electron chi connectivity index (χ3n) is 2.26. The molecule has 5 heteroatoms. The van der Waals surface area contributed by atoms with Crippen molar-refractivity contribution < 1.29 is 0 Å². The lowest BCUT2D eigenvalue weighted by atomic mass is 10.3. The number of halogens is 2. The summed E-state index contributed by atoms with van der Waals surface area (Å²) in [4.78, 5) is 0. The molecule has 0 spiro atoms. The van der Waals surface area contributed by atoms with Crippen molar-refractivity contribution >= 4 is 39.4 Å². The Balaban J connectivity index is 2.04. The summed E-state index contributed by atoms with van der Waals surface area (Å²) in [5, 5.41) is 8.05. The van der Waals surface area contributed by atoms with Crippen LogP contribution in [0.2, 0.25) is 5.02 Å². The highest BCUT2D eigenvalue weighted by Gasteiger charge is 2.01. The van der Waals surface area contributed by atoms with Gasteiger partial charge >= 0.3 is 0 Å². The Morgan fingerprint density at radius 1 is 1.53 bits per heavy atom. The maximum atomic E-state index is 6.10. The number of rotatable bonds is 4. The highest BCUT2D eigenvalue weighted by atomic mass is 79.9. The third-order valence-corrected chi connectivity index (χ3v) is 3.06. The predicted octanol–water partition coefficient (Wildman–Crippen LogP) is 4.01. The average Bonchev–Trinajstić information content (AvgIpc) is 2.76. The molecule has 0 atom stereocenters. The summed E-state index contributed by atoms with van der Waals surface area (Å²) in [7, 11) is 0. The number of hydrogen-bond acceptors (Lipinski definition) is 2. The lowest BCUT2D eigenvalue weighted by molar-refractivity contribution is 0.936. The largest absolute Gasteiger partial charge is 0.380 e. The monoisotopic (exact) mass is 311 g/mol. The van der Waals surface area contributed by atoms with Crippen LogP contribution in [0.1, 0.15) is 5.56 Å². The lowest BCUT2D eigenvalue weighted by Gasteiger charge is -2.07. The molecular formula is C12H11BrClN3. The van der Waals surface area contributed by atoms with Gasteiger partial charge < -0.3 is 5.32 Å². The van der Waals surface area contributed by atoms with Gasteiger partial charge in [-0.1, -0.05) is 34.1 Å². The van der Waals surface area contributed by atoms with Crippen LogP contribution in [0.25, 0.3) is 6.20 Å². The van der Waals surface area contributed by atoms with Crippen molar-refractivity contribution in [1.29, 1.82) is 0 Å². The van der Waals surface area contributed by atoms with Crippen LogP contribution in [0, 0.1) is 0 Å². The van der Waals surface area contributed by atoms with E-state index in [0.29, 0.717) is 11.6 Å². The Bertz CT molecular complexity index is 536. The summed E-state index contributed by atoms with van der Waals surface area (Å²) in [6.07, 6.45) is 5.35. The molecule has 0 unspecified atom stereocenters. The Morgan fingerprint density at radius 3 is 3.00 bits per heavy atom. The first-order valence-electron chi connectivity index (χ1n) is 5.03. The summed E-state index contributed by atoms with van der Waals surface area (Å²) < 4.78 is 2.63. The van der Waals surface area contributed by atoms with Gasteiger partial charge in [0.05, 0.1) is 16.9 Å². The van der Waals surface area contributed by atoms with Gasteiger partial charge in [-0.3, -0.25) is 0 Å². The van der Waals surface area contributed by atoms with E-state index in [1.165, 1.54) is 0 Å². The van der Waals surface area contributed by atoms with Gasteiger partial charge in [-0.2, -0.15) is 5.10 Å². The quantitative estimate of drug-likeness (QED) is 0.924. The van der Waals surface area contributed by atoms with E-state index in [4.69, 9.17) is 11.6 Å². The van der Waals surface area contributed by atoms with Crippen LogP contribution >= 0.6 is 27.5 Å². The van der Waals surface area contributed by atoms with E-state index in [-0.39, 0.29) is 0 Å². The van der Waals surface area contributed by atoms with Crippen molar-refractivity contribution in [3.8, 4) is 0 Å². The smallest absolute Gasteiger partial charge is 0.0648 e. The average molecular weight is 313 g/mol. The molecular weight excluding hydrogens is 302 g/mol. The zero-order chi connectivity index (χ0) is 12.3. The molecule has 0 aliphatic heterocycles. The maximum Gasteiger partial charge on any atom is 0.0648 e. The molecule has 0 saturated heterocycles. The van der Waals surface area contributed by atoms with E-state index < -0.39 is 0 Å². The molecule has 0 aliphatic carbocycles. The number of benzene rings is 1. The molecule has 3 nitrogen and oxygen atoms in total. The first kappa shape index (κ1) is 12.2. The first-order chi connectivity index (χ1) is 8.19. The van der Waals surface area contributed by atoms with Crippen molar-refractivity contribution in [3.05, 3.63) is 52.2 Å². The van der Waals surface area contributed by atoms with Crippen molar-refractivity contribution in [2.75, 3.05) is 5.32 Å². The van der Waals surface area contributed by atoms with Gasteiger partial charge in [-0.25, -0.2) is 4.68 Å². The second-order valence-corrected chi connectivity index (χ2v) is 4.81. The maximum absolute atomic E-state index is 6.10. The normalized spacial score (nSPS) is 10.2. The van der Waals surface area contributed by atoms with Crippen molar-refractivity contribution in [1.82, 2.24) is 9.78 Å². The fraction of sp³-hybridized carbons (Fsp3) is 0.0833. The van der Waals surface area contributed by atoms with Crippen LogP contribution in [0.4, 0.5) is 5.69 Å². The Kier molecular flexibility index (Phi) is 3.86. The summed E-state index contributed by atoms with van der Waals surface area (Å²) in [6.45, 7) is 4.32. The standard InChI is InChI=1S/C12H11BrClN3/c1-2-17-8-9(7-16-17)6-15-12-4-3-10(13)5-11(12)14/h2-5,7-8,15H,1,6H2. The number of nitrogens with one attached hydrogen (secondary N) is 1. The number of aromatic nitrogens is 2. The van der Waals surface area contributed by atoms with Gasteiger partial charge in [-0.05, 0) is 18.2 Å². The molecule has 17 heavy (non-hydrogen) atoms. The molecule has 88 valence electrons. The van der Waals surface area contributed by atoms with E-state index >= 15 is 0 Å². The van der Waals surface area contributed by atoms with E-state index in [1.807, 2.05) is 24.4 Å². The highest BCUT2D eigenvalue weighted by molar-refractivity contribution is 9.10. The molecule has 1 aromatic carbocycles. The summed E-state index contributed by atoms with van der Waals surface area (Å²) in [5.74, 6) is 0. The molecule has 0 radical (unpaired) electrons. The van der Waals surface area contributed by atoms with Gasteiger partial charge in [0.15, 0.2) is 0 Å². The van der Waals surface area contributed by atoms with Crippen LogP contribution in [-0.2, 0) is 6.54 Å². The minimum Gasteiger partial charge on any atom is -0.380 e. The van der Waals surface area contributed by atoms with E-state index in [9.17, 15) is 0 Å². The van der Waals surface area contributed by atoms with Crippen molar-refractivity contribution in [3.63, 3.8) is 0 Å².